The summed E-state index contributed by atoms with van der Waals surface area (Å²) in [5, 5.41) is 5.02. The third-order valence-corrected chi connectivity index (χ3v) is 4.69. The van der Waals surface area contributed by atoms with Crippen LogP contribution in [0.4, 0.5) is 0 Å². The molecule has 0 saturated carbocycles. The third kappa shape index (κ3) is 3.21. The Balaban J connectivity index is 2.40. The largest absolute Gasteiger partial charge is 0.319 e. The average molecular weight is 408 g/mol. The topological polar surface area (TPSA) is 43.8 Å². The third-order valence-electron chi connectivity index (χ3n) is 2.87. The molecule has 0 aliphatic carbocycles. The van der Waals surface area contributed by atoms with E-state index in [0.29, 0.717) is 5.02 Å². The average Bonchev–Trinajstić information content (AvgIpc) is 2.74. The van der Waals surface area contributed by atoms with E-state index in [9.17, 15) is 0 Å². The first kappa shape index (κ1) is 15.0. The van der Waals surface area contributed by atoms with Crippen LogP contribution in [0.5, 0.6) is 0 Å². The molecular weight excluding hydrogens is 393 g/mol. The lowest BCUT2D eigenvalue weighted by atomic mass is 10.0. The highest BCUT2D eigenvalue weighted by atomic mass is 79.9. The molecule has 0 aliphatic heterocycles. The van der Waals surface area contributed by atoms with Crippen LogP contribution in [0.15, 0.2) is 33.3 Å². The molecule has 1 aromatic heterocycles. The molecule has 0 spiro atoms. The summed E-state index contributed by atoms with van der Waals surface area (Å²) in [6.07, 6.45) is 2.80. The van der Waals surface area contributed by atoms with Gasteiger partial charge < -0.3 is 5.73 Å². The Morgan fingerprint density at radius 2 is 2.11 bits per heavy atom. The maximum Gasteiger partial charge on any atom is 0.0738 e. The summed E-state index contributed by atoms with van der Waals surface area (Å²) in [7, 11) is 0. The fourth-order valence-electron chi connectivity index (χ4n) is 1.93. The molecule has 2 aromatic rings. The lowest BCUT2D eigenvalue weighted by Gasteiger charge is -2.16. The van der Waals surface area contributed by atoms with Crippen LogP contribution in [0.2, 0.25) is 5.02 Å². The second kappa shape index (κ2) is 6.39. The number of aromatic nitrogens is 2. The molecule has 6 heteroatoms. The fourth-order valence-corrected chi connectivity index (χ4v) is 2.99. The quantitative estimate of drug-likeness (QED) is 0.810. The summed E-state index contributed by atoms with van der Waals surface area (Å²) in [4.78, 5) is 0. The van der Waals surface area contributed by atoms with Crippen molar-refractivity contribution < 1.29 is 0 Å². The highest BCUT2D eigenvalue weighted by molar-refractivity contribution is 9.10. The van der Waals surface area contributed by atoms with Crippen LogP contribution in [-0.2, 0) is 6.54 Å². The number of hydrogen-bond donors (Lipinski definition) is 1. The van der Waals surface area contributed by atoms with E-state index in [4.69, 9.17) is 17.3 Å². The normalized spacial score (nSPS) is 12.7. The van der Waals surface area contributed by atoms with Crippen molar-refractivity contribution in [3.63, 3.8) is 0 Å². The Labute approximate surface area is 134 Å². The van der Waals surface area contributed by atoms with Gasteiger partial charge in [0.25, 0.3) is 0 Å². The molecule has 3 nitrogen and oxygen atoms in total. The van der Waals surface area contributed by atoms with E-state index >= 15 is 0 Å². The van der Waals surface area contributed by atoms with Gasteiger partial charge in [-0.15, -0.1) is 0 Å². The van der Waals surface area contributed by atoms with Gasteiger partial charge in [0.1, 0.15) is 0 Å². The van der Waals surface area contributed by atoms with Crippen molar-refractivity contribution in [2.45, 2.75) is 25.9 Å². The van der Waals surface area contributed by atoms with Gasteiger partial charge in [-0.25, -0.2) is 0 Å². The van der Waals surface area contributed by atoms with Crippen molar-refractivity contribution in [3.8, 4) is 0 Å². The summed E-state index contributed by atoms with van der Waals surface area (Å²) in [5.74, 6) is 0. The maximum absolute atomic E-state index is 6.36. The van der Waals surface area contributed by atoms with Gasteiger partial charge in [0.2, 0.25) is 0 Å². The first-order chi connectivity index (χ1) is 9.04. The highest BCUT2D eigenvalue weighted by Crippen LogP contribution is 2.31. The Bertz CT molecular complexity index is 583. The highest BCUT2D eigenvalue weighted by Gasteiger charge is 2.18. The van der Waals surface area contributed by atoms with E-state index in [0.717, 1.165) is 33.2 Å². The molecule has 1 atom stereocenters. The lowest BCUT2D eigenvalue weighted by molar-refractivity contribution is 0.559. The molecule has 0 bridgehead atoms. The minimum Gasteiger partial charge on any atom is -0.319 e. The van der Waals surface area contributed by atoms with Gasteiger partial charge >= 0.3 is 0 Å². The van der Waals surface area contributed by atoms with Crippen LogP contribution in [0.1, 0.15) is 30.6 Å². The van der Waals surface area contributed by atoms with Gasteiger partial charge in [-0.2, -0.15) is 5.10 Å². The Morgan fingerprint density at radius 1 is 1.37 bits per heavy atom. The van der Waals surface area contributed by atoms with E-state index in [1.54, 1.807) is 6.20 Å². The zero-order chi connectivity index (χ0) is 14.0. The van der Waals surface area contributed by atoms with Crippen molar-refractivity contribution in [2.24, 2.45) is 5.73 Å². The van der Waals surface area contributed by atoms with E-state index in [-0.39, 0.29) is 6.04 Å². The summed E-state index contributed by atoms with van der Waals surface area (Å²) >= 11 is 12.9. The van der Waals surface area contributed by atoms with Crippen LogP contribution < -0.4 is 5.73 Å². The van der Waals surface area contributed by atoms with Gasteiger partial charge in [-0.3, -0.25) is 4.68 Å². The van der Waals surface area contributed by atoms with Gasteiger partial charge in [0, 0.05) is 11.0 Å². The Kier molecular flexibility index (Phi) is 5.06. The standard InChI is InChI=1S/C13H14Br2ClN3/c1-2-5-19-13(10(15)7-18-19)12(17)8-3-4-11(16)9(14)6-8/h3-4,6-7,12H,2,5,17H2,1H3. The van der Waals surface area contributed by atoms with Gasteiger partial charge in [0.05, 0.1) is 27.4 Å². The predicted octanol–water partition coefficient (Wildman–Crippen LogP) is 4.52. The van der Waals surface area contributed by atoms with E-state index in [1.807, 2.05) is 22.9 Å². The number of nitrogens with two attached hydrogens (primary N) is 1. The molecule has 1 heterocycles. The molecule has 2 rings (SSSR count). The van der Waals surface area contributed by atoms with Crippen LogP contribution in [0.25, 0.3) is 0 Å². The minimum atomic E-state index is -0.239. The molecule has 0 aliphatic rings. The Hall–Kier alpha value is -0.360. The molecule has 0 amide bonds. The molecule has 19 heavy (non-hydrogen) atoms. The van der Waals surface area contributed by atoms with Crippen molar-refractivity contribution >= 4 is 43.5 Å². The summed E-state index contributed by atoms with van der Waals surface area (Å²) in [5.41, 5.74) is 8.33. The maximum atomic E-state index is 6.36. The molecule has 0 fully saturated rings. The van der Waals surface area contributed by atoms with E-state index in [1.165, 1.54) is 0 Å². The smallest absolute Gasteiger partial charge is 0.0738 e. The number of aryl methyl sites for hydroxylation is 1. The number of nitrogens with zero attached hydrogens (tertiary/aromatic N) is 2. The first-order valence-electron chi connectivity index (χ1n) is 5.96. The van der Waals surface area contributed by atoms with E-state index in [2.05, 4.69) is 43.9 Å². The molecule has 102 valence electrons. The second-order valence-electron chi connectivity index (χ2n) is 4.25. The van der Waals surface area contributed by atoms with Crippen LogP contribution in [0, 0.1) is 0 Å². The van der Waals surface area contributed by atoms with Crippen LogP contribution in [-0.4, -0.2) is 9.78 Å². The lowest BCUT2D eigenvalue weighted by Crippen LogP contribution is -2.18. The first-order valence-corrected chi connectivity index (χ1v) is 7.92. The van der Waals surface area contributed by atoms with Crippen molar-refractivity contribution in [1.82, 2.24) is 9.78 Å². The van der Waals surface area contributed by atoms with E-state index < -0.39 is 0 Å². The number of halogens is 3. The van der Waals surface area contributed by atoms with Gasteiger partial charge in [0.15, 0.2) is 0 Å². The minimum absolute atomic E-state index is 0.239. The zero-order valence-corrected chi connectivity index (χ0v) is 14.3. The van der Waals surface area contributed by atoms with Crippen LogP contribution >= 0.6 is 43.5 Å². The van der Waals surface area contributed by atoms with Gasteiger partial charge in [-0.1, -0.05) is 24.6 Å². The molecule has 1 unspecified atom stereocenters. The summed E-state index contributed by atoms with van der Waals surface area (Å²) < 4.78 is 3.72. The number of rotatable bonds is 4. The fraction of sp³-hybridized carbons (Fsp3) is 0.308. The SMILES string of the molecule is CCCn1ncc(Br)c1C(N)c1ccc(Cl)c(Br)c1. The molecular formula is C13H14Br2ClN3. The predicted molar refractivity (Wildman–Crippen MR) is 85.4 cm³/mol. The van der Waals surface area contributed by atoms with Gasteiger partial charge in [-0.05, 0) is 56.0 Å². The monoisotopic (exact) mass is 405 g/mol. The van der Waals surface area contributed by atoms with Crippen LogP contribution in [0.3, 0.4) is 0 Å². The van der Waals surface area contributed by atoms with Crippen molar-refractivity contribution in [2.75, 3.05) is 0 Å². The summed E-state index contributed by atoms with van der Waals surface area (Å²) in [6.45, 7) is 2.97. The van der Waals surface area contributed by atoms with Crippen molar-refractivity contribution in [1.29, 1.82) is 0 Å². The molecule has 0 radical (unpaired) electrons. The second-order valence-corrected chi connectivity index (χ2v) is 6.37. The summed E-state index contributed by atoms with van der Waals surface area (Å²) in [6, 6.07) is 5.49. The van der Waals surface area contributed by atoms with Crippen molar-refractivity contribution in [3.05, 3.63) is 49.6 Å². The number of hydrogen-bond acceptors (Lipinski definition) is 2. The Morgan fingerprint density at radius 3 is 2.74 bits per heavy atom. The molecule has 1 aromatic carbocycles. The molecule has 2 N–H and O–H groups in total. The zero-order valence-electron chi connectivity index (χ0n) is 10.4. The number of benzene rings is 1. The molecule has 0 saturated heterocycles.